The molecule has 0 saturated heterocycles. The molecule has 0 bridgehead atoms. The Bertz CT molecular complexity index is 277. The Balaban J connectivity index is 2.85. The van der Waals surface area contributed by atoms with E-state index in [1.54, 1.807) is 6.92 Å². The zero-order valence-corrected chi connectivity index (χ0v) is 6.86. The fraction of sp³-hybridized carbons (Fsp3) is 0.200. The number of hydrogen-bond donors (Lipinski definition) is 0. The molecule has 2 nitrogen and oxygen atoms in total. The van der Waals surface area contributed by atoms with Gasteiger partial charge < -0.3 is 0 Å². The summed E-state index contributed by atoms with van der Waals surface area (Å²) in [5, 5.41) is 0. The van der Waals surface area contributed by atoms with Crippen molar-refractivity contribution in [3.63, 3.8) is 0 Å². The van der Waals surface area contributed by atoms with Crippen LogP contribution in [0.4, 0.5) is 0 Å². The van der Waals surface area contributed by atoms with Gasteiger partial charge in [-0.3, -0.25) is 9.59 Å². The van der Waals surface area contributed by atoms with E-state index in [2.05, 4.69) is 0 Å². The highest BCUT2D eigenvalue weighted by atomic mass is 16.2. The fourth-order valence-corrected chi connectivity index (χ4v) is 1.01. The molecule has 0 radical (unpaired) electrons. The lowest BCUT2D eigenvalue weighted by Crippen LogP contribution is -2.09. The quantitative estimate of drug-likeness (QED) is 0.499. The number of aldehydes is 1. The van der Waals surface area contributed by atoms with E-state index in [-0.39, 0.29) is 11.7 Å². The van der Waals surface area contributed by atoms with Crippen LogP contribution >= 0.6 is 0 Å². The summed E-state index contributed by atoms with van der Waals surface area (Å²) in [6, 6.07) is 9.26. The van der Waals surface area contributed by atoms with Crippen LogP contribution in [0.3, 0.4) is 0 Å². The number of ketones is 1. The molecule has 62 valence electrons. The lowest BCUT2D eigenvalue weighted by Gasteiger charge is -2.05. The Kier molecular flexibility index (Phi) is 2.75. The Labute approximate surface area is 71.2 Å². The van der Waals surface area contributed by atoms with Crippen molar-refractivity contribution in [1.82, 2.24) is 0 Å². The van der Waals surface area contributed by atoms with Crippen LogP contribution in [0.1, 0.15) is 18.4 Å². The van der Waals surface area contributed by atoms with E-state index >= 15 is 0 Å². The number of benzene rings is 1. The SMILES string of the molecule is CC(C(=O)C=O)c1ccccc1. The van der Waals surface area contributed by atoms with Gasteiger partial charge in [0.25, 0.3) is 0 Å². The largest absolute Gasteiger partial charge is 0.295 e. The van der Waals surface area contributed by atoms with Crippen LogP contribution in [0, 0.1) is 0 Å². The first-order valence-corrected chi connectivity index (χ1v) is 3.79. The summed E-state index contributed by atoms with van der Waals surface area (Å²) < 4.78 is 0. The summed E-state index contributed by atoms with van der Waals surface area (Å²) in [6.07, 6.45) is 0.373. The highest BCUT2D eigenvalue weighted by molar-refractivity contribution is 6.27. The molecule has 0 aliphatic rings. The molecule has 0 aromatic heterocycles. The topological polar surface area (TPSA) is 34.1 Å². The number of hydrogen-bond acceptors (Lipinski definition) is 2. The molecule has 1 aromatic carbocycles. The Hall–Kier alpha value is -1.44. The molecule has 0 amide bonds. The van der Waals surface area contributed by atoms with Crippen molar-refractivity contribution in [3.8, 4) is 0 Å². The van der Waals surface area contributed by atoms with Crippen molar-refractivity contribution in [1.29, 1.82) is 0 Å². The van der Waals surface area contributed by atoms with E-state index in [0.29, 0.717) is 6.29 Å². The molecule has 1 aromatic rings. The van der Waals surface area contributed by atoms with E-state index in [9.17, 15) is 9.59 Å². The second kappa shape index (κ2) is 3.81. The highest BCUT2D eigenvalue weighted by Gasteiger charge is 2.12. The van der Waals surface area contributed by atoms with Gasteiger partial charge in [0.05, 0.1) is 0 Å². The maximum Gasteiger partial charge on any atom is 0.202 e. The van der Waals surface area contributed by atoms with Crippen LogP contribution < -0.4 is 0 Å². The van der Waals surface area contributed by atoms with Crippen molar-refractivity contribution in [2.75, 3.05) is 0 Å². The molecule has 1 unspecified atom stereocenters. The van der Waals surface area contributed by atoms with E-state index in [4.69, 9.17) is 0 Å². The molecular weight excluding hydrogens is 152 g/mol. The molecule has 0 aliphatic carbocycles. The minimum Gasteiger partial charge on any atom is -0.295 e. The number of carbonyl (C=O) groups excluding carboxylic acids is 2. The van der Waals surface area contributed by atoms with Crippen LogP contribution in [0.15, 0.2) is 30.3 Å². The molecule has 1 rings (SSSR count). The van der Waals surface area contributed by atoms with Gasteiger partial charge in [-0.25, -0.2) is 0 Å². The Morgan fingerprint density at radius 1 is 1.33 bits per heavy atom. The summed E-state index contributed by atoms with van der Waals surface area (Å²) in [5.41, 5.74) is 0.884. The lowest BCUT2D eigenvalue weighted by molar-refractivity contribution is -0.130. The fourth-order valence-electron chi connectivity index (χ4n) is 1.01. The van der Waals surface area contributed by atoms with Crippen LogP contribution in [0.2, 0.25) is 0 Å². The molecule has 0 N–H and O–H groups in total. The minimum absolute atomic E-state index is 0.316. The van der Waals surface area contributed by atoms with Gasteiger partial charge in [-0.2, -0.15) is 0 Å². The first-order chi connectivity index (χ1) is 5.75. The maximum absolute atomic E-state index is 10.9. The van der Waals surface area contributed by atoms with Crippen molar-refractivity contribution in [2.24, 2.45) is 0 Å². The zero-order chi connectivity index (χ0) is 8.97. The van der Waals surface area contributed by atoms with Crippen molar-refractivity contribution < 1.29 is 9.59 Å². The van der Waals surface area contributed by atoms with Gasteiger partial charge in [-0.05, 0) is 5.56 Å². The van der Waals surface area contributed by atoms with E-state index in [0.717, 1.165) is 5.56 Å². The Morgan fingerprint density at radius 3 is 2.42 bits per heavy atom. The van der Waals surface area contributed by atoms with Crippen LogP contribution in [0.5, 0.6) is 0 Å². The third-order valence-electron chi connectivity index (χ3n) is 1.84. The van der Waals surface area contributed by atoms with Gasteiger partial charge >= 0.3 is 0 Å². The molecule has 0 spiro atoms. The standard InChI is InChI=1S/C10H10O2/c1-8(10(12)7-11)9-5-3-2-4-6-9/h2-8H,1H3. The minimum atomic E-state index is -0.374. The molecule has 0 fully saturated rings. The van der Waals surface area contributed by atoms with Crippen molar-refractivity contribution in [3.05, 3.63) is 35.9 Å². The average molecular weight is 162 g/mol. The monoisotopic (exact) mass is 162 g/mol. The van der Waals surface area contributed by atoms with Gasteiger partial charge in [0.1, 0.15) is 0 Å². The molecule has 0 aliphatic heterocycles. The van der Waals surface area contributed by atoms with Crippen LogP contribution in [-0.4, -0.2) is 12.1 Å². The van der Waals surface area contributed by atoms with E-state index in [1.807, 2.05) is 30.3 Å². The van der Waals surface area contributed by atoms with Gasteiger partial charge in [0.15, 0.2) is 6.29 Å². The average Bonchev–Trinajstić information content (AvgIpc) is 2.17. The number of carbonyl (C=O) groups is 2. The third kappa shape index (κ3) is 1.78. The van der Waals surface area contributed by atoms with Gasteiger partial charge in [-0.15, -0.1) is 0 Å². The second-order valence-corrected chi connectivity index (χ2v) is 2.65. The van der Waals surface area contributed by atoms with Crippen molar-refractivity contribution >= 4 is 12.1 Å². The summed E-state index contributed by atoms with van der Waals surface area (Å²) in [6.45, 7) is 1.73. The maximum atomic E-state index is 10.9. The van der Waals surface area contributed by atoms with E-state index in [1.165, 1.54) is 0 Å². The van der Waals surface area contributed by atoms with E-state index < -0.39 is 0 Å². The Morgan fingerprint density at radius 2 is 1.92 bits per heavy atom. The molecule has 12 heavy (non-hydrogen) atoms. The summed E-state index contributed by atoms with van der Waals surface area (Å²) in [4.78, 5) is 21.1. The smallest absolute Gasteiger partial charge is 0.202 e. The van der Waals surface area contributed by atoms with Gasteiger partial charge in [0.2, 0.25) is 5.78 Å². The first kappa shape index (κ1) is 8.65. The number of Topliss-reactive ketones (excluding diaryl/α,β-unsaturated/α-hetero) is 1. The number of rotatable bonds is 3. The zero-order valence-electron chi connectivity index (χ0n) is 6.86. The normalized spacial score (nSPS) is 12.1. The van der Waals surface area contributed by atoms with Crippen LogP contribution in [0.25, 0.3) is 0 Å². The van der Waals surface area contributed by atoms with Gasteiger partial charge in [0, 0.05) is 5.92 Å². The molecular formula is C10H10O2. The molecule has 1 atom stereocenters. The third-order valence-corrected chi connectivity index (χ3v) is 1.84. The summed E-state index contributed by atoms with van der Waals surface area (Å²) >= 11 is 0. The molecule has 0 heterocycles. The molecule has 0 saturated carbocycles. The summed E-state index contributed by atoms with van der Waals surface area (Å²) in [5.74, 6) is -0.690. The predicted octanol–water partition coefficient (Wildman–Crippen LogP) is 1.56. The lowest BCUT2D eigenvalue weighted by atomic mass is 9.98. The summed E-state index contributed by atoms with van der Waals surface area (Å²) in [7, 11) is 0. The highest BCUT2D eigenvalue weighted by Crippen LogP contribution is 2.13. The van der Waals surface area contributed by atoms with Crippen molar-refractivity contribution in [2.45, 2.75) is 12.8 Å². The van der Waals surface area contributed by atoms with Crippen LogP contribution in [-0.2, 0) is 9.59 Å². The first-order valence-electron chi connectivity index (χ1n) is 3.79. The molecule has 2 heteroatoms. The van der Waals surface area contributed by atoms with Gasteiger partial charge in [-0.1, -0.05) is 37.3 Å². The predicted molar refractivity (Wildman–Crippen MR) is 45.9 cm³/mol. The second-order valence-electron chi connectivity index (χ2n) is 2.65.